The summed E-state index contributed by atoms with van der Waals surface area (Å²) in [4.78, 5) is 43.1. The number of carboxylic acids is 2. The summed E-state index contributed by atoms with van der Waals surface area (Å²) in [6, 6.07) is 7.93. The van der Waals surface area contributed by atoms with Gasteiger partial charge in [-0.2, -0.15) is 0 Å². The van der Waals surface area contributed by atoms with Crippen LogP contribution in [0.2, 0.25) is 0 Å². The Morgan fingerprint density at radius 3 is 1.43 bits per heavy atom. The van der Waals surface area contributed by atoms with Gasteiger partial charge in [0, 0.05) is 12.8 Å². The van der Waals surface area contributed by atoms with Crippen molar-refractivity contribution in [3.63, 3.8) is 0 Å². The Labute approximate surface area is 265 Å². The molecule has 0 saturated carbocycles. The molecule has 0 radical (unpaired) electrons. The van der Waals surface area contributed by atoms with Crippen molar-refractivity contribution in [2.45, 2.75) is 80.1 Å². The first-order chi connectivity index (χ1) is 21.0. The van der Waals surface area contributed by atoms with Gasteiger partial charge in [0.15, 0.2) is 0 Å². The van der Waals surface area contributed by atoms with Crippen molar-refractivity contribution in [2.24, 2.45) is 0 Å². The number of rotatable bonds is 8. The maximum absolute atomic E-state index is 11.5. The number of hydrogen-bond acceptors (Lipinski definition) is 5. The first-order valence-electron chi connectivity index (χ1n) is 14.7. The summed E-state index contributed by atoms with van der Waals surface area (Å²) < 4.78 is 8.19. The van der Waals surface area contributed by atoms with Gasteiger partial charge in [-0.3, -0.25) is 9.59 Å². The molecule has 2 N–H and O–H groups in total. The molecule has 9 nitrogen and oxygen atoms in total. The molecule has 227 valence electrons. The van der Waals surface area contributed by atoms with Crippen LogP contribution in [-0.4, -0.2) is 32.1 Å². The second kappa shape index (κ2) is 13.7. The fourth-order valence-electron chi connectivity index (χ4n) is 6.06. The van der Waals surface area contributed by atoms with Crippen molar-refractivity contribution in [1.82, 2.24) is 19.9 Å². The number of carboxylic acid groups (broad SMARTS) is 2. The minimum atomic E-state index is -0.878. The molecule has 8 bridgehead atoms. The number of aromatic nitrogens is 4. The molecule has 2 aliphatic heterocycles. The normalized spacial score (nSPS) is 12.8. The van der Waals surface area contributed by atoms with Crippen molar-refractivity contribution >= 4 is 56.3 Å². The van der Waals surface area contributed by atoms with Gasteiger partial charge < -0.3 is 20.2 Å². The van der Waals surface area contributed by atoms with Crippen LogP contribution in [0.1, 0.15) is 98.4 Å². The van der Waals surface area contributed by atoms with Gasteiger partial charge in [-0.15, -0.1) is 22.1 Å². The second-order valence-corrected chi connectivity index (χ2v) is 11.0. The topological polar surface area (TPSA) is 146 Å². The van der Waals surface area contributed by atoms with E-state index in [2.05, 4.69) is 33.8 Å². The molecule has 44 heavy (non-hydrogen) atoms. The molecule has 3 aromatic heterocycles. The van der Waals surface area contributed by atoms with E-state index in [1.54, 1.807) is 0 Å². The molecule has 0 atom stereocenters. The van der Waals surface area contributed by atoms with Gasteiger partial charge in [0.2, 0.25) is 0 Å². The van der Waals surface area contributed by atoms with Crippen molar-refractivity contribution in [2.75, 3.05) is 0 Å². The van der Waals surface area contributed by atoms with Gasteiger partial charge in [-0.25, -0.2) is 9.97 Å². The molecule has 0 aliphatic carbocycles. The second-order valence-electron chi connectivity index (χ2n) is 11.0. The minimum absolute atomic E-state index is 0.0258. The number of allylic oxidation sites excluding steroid dienone is 4. The third-order valence-corrected chi connectivity index (χ3v) is 8.53. The number of fused-ring (bicyclic) bond motifs is 8. The molecule has 3 aromatic rings. The molecule has 0 spiro atoms. The summed E-state index contributed by atoms with van der Waals surface area (Å²) in [7, 11) is 0. The summed E-state index contributed by atoms with van der Waals surface area (Å²) in [6.45, 7) is 12.3. The van der Waals surface area contributed by atoms with Crippen molar-refractivity contribution in [3.8, 4) is 0 Å². The Bertz CT molecular complexity index is 1880. The third-order valence-electron chi connectivity index (χ3n) is 8.53. The molecular formula is C34H36N4O5V. The Morgan fingerprint density at radius 2 is 1.02 bits per heavy atom. The van der Waals surface area contributed by atoms with E-state index in [9.17, 15) is 19.8 Å². The molecule has 5 rings (SSSR count). The molecule has 0 amide bonds. The first-order valence-corrected chi connectivity index (χ1v) is 15.2. The van der Waals surface area contributed by atoms with Gasteiger partial charge in [0.1, 0.15) is 0 Å². The fraction of sp³-hybridized carbons (Fsp3) is 0.353. The van der Waals surface area contributed by atoms with E-state index < -0.39 is 11.9 Å². The van der Waals surface area contributed by atoms with E-state index in [0.29, 0.717) is 23.9 Å². The van der Waals surface area contributed by atoms with Gasteiger partial charge in [0.25, 0.3) is 0 Å². The number of aliphatic carboxylic acids is 2. The van der Waals surface area contributed by atoms with E-state index in [1.807, 2.05) is 32.0 Å². The van der Waals surface area contributed by atoms with Crippen LogP contribution in [0.5, 0.6) is 0 Å². The van der Waals surface area contributed by atoms with Crippen LogP contribution >= 0.6 is 0 Å². The molecule has 2 aliphatic rings. The van der Waals surface area contributed by atoms with E-state index in [0.717, 1.165) is 103 Å². The molecule has 0 fully saturated rings. The Balaban J connectivity index is 0.00000216. The van der Waals surface area contributed by atoms with Gasteiger partial charge in [-0.1, -0.05) is 54.3 Å². The molecule has 0 unspecified atom stereocenters. The number of aryl methyl sites for hydroxylation is 4. The van der Waals surface area contributed by atoms with Gasteiger partial charge in [-0.05, 0) is 81.7 Å². The van der Waals surface area contributed by atoms with Crippen molar-refractivity contribution in [1.29, 1.82) is 0 Å². The van der Waals surface area contributed by atoms with Crippen LogP contribution in [0.3, 0.4) is 0 Å². The van der Waals surface area contributed by atoms with Gasteiger partial charge >= 0.3 is 33.0 Å². The summed E-state index contributed by atoms with van der Waals surface area (Å²) in [5, 5.41) is 18.9. The number of nitrogens with zero attached hydrogens (tertiary/aromatic N) is 4. The van der Waals surface area contributed by atoms with Crippen molar-refractivity contribution in [3.05, 3.63) is 69.3 Å². The summed E-state index contributed by atoms with van der Waals surface area (Å²) in [5.41, 5.74) is 14.3. The number of hydrogen-bond donors (Lipinski definition) is 2. The first kappa shape index (κ1) is 32.8. The predicted molar refractivity (Wildman–Crippen MR) is 167 cm³/mol. The van der Waals surface area contributed by atoms with E-state index in [-0.39, 0.29) is 12.8 Å². The Kier molecular flexibility index (Phi) is 10.2. The Hall–Kier alpha value is -4.08. The van der Waals surface area contributed by atoms with Crippen LogP contribution in [0.15, 0.2) is 24.3 Å². The summed E-state index contributed by atoms with van der Waals surface area (Å²) in [5.74, 6) is -1.76. The molecule has 10 heteroatoms. The monoisotopic (exact) mass is 631 g/mol. The zero-order valence-corrected chi connectivity index (χ0v) is 27.3. The molecular weight excluding hydrogens is 595 g/mol. The molecule has 0 saturated heterocycles. The third kappa shape index (κ3) is 6.39. The van der Waals surface area contributed by atoms with Crippen molar-refractivity contribution < 1.29 is 40.8 Å². The quantitative estimate of drug-likeness (QED) is 0.275. The van der Waals surface area contributed by atoms with E-state index in [1.165, 1.54) is 5.57 Å². The standard InChI is InChI=1S/C34H38N4O4.O.V/c1-7-21-17(3)25-13-26-19(5)23(9-11-33(39)40)31(37-26)16-32-24(10-12-34(41)42)20(6)28(38-32)15-30-22(8-2)18(4)27(36-30)14-29(21)35-25;;/h13-16H,7-12H2,1-6H3,(H4,35,36,37,38,39,40,41,42);;/q;;+2/p-2. The molecule has 5 heterocycles. The average Bonchev–Trinajstić information content (AvgIpc) is 3.64. The Morgan fingerprint density at radius 1 is 0.636 bits per heavy atom. The maximum atomic E-state index is 11.5. The van der Waals surface area contributed by atoms with Crippen LogP contribution in [0, 0.1) is 13.8 Å². The average molecular weight is 632 g/mol. The predicted octanol–water partition coefficient (Wildman–Crippen LogP) is 6.78. The van der Waals surface area contributed by atoms with Crippen LogP contribution in [0.25, 0.3) is 44.4 Å². The summed E-state index contributed by atoms with van der Waals surface area (Å²) in [6.07, 6.45) is 2.23. The zero-order valence-electron chi connectivity index (χ0n) is 25.9. The van der Waals surface area contributed by atoms with Crippen LogP contribution in [-0.2, 0) is 43.5 Å². The van der Waals surface area contributed by atoms with Gasteiger partial charge in [0.05, 0.1) is 22.8 Å². The number of carbonyl (C=O) groups is 2. The summed E-state index contributed by atoms with van der Waals surface area (Å²) >= 11 is 1.06. The molecule has 0 aromatic carbocycles. The fourth-order valence-corrected chi connectivity index (χ4v) is 6.06. The SMILES string of the molecule is CCC1=C(C)c2cc3[n-]c(cc4[n-]c(cc5nc(cc1n2)C(C)=C5CC)c(C)c4CCC(=O)O)c(CCC(=O)O)c3C.[O]=[V+2]. The zero-order chi connectivity index (χ0) is 32.3. The van der Waals surface area contributed by atoms with Crippen LogP contribution < -0.4 is 9.97 Å². The van der Waals surface area contributed by atoms with E-state index in [4.69, 9.17) is 23.6 Å². The van der Waals surface area contributed by atoms with E-state index >= 15 is 0 Å². The van der Waals surface area contributed by atoms with Crippen LogP contribution in [0.4, 0.5) is 0 Å².